The maximum Gasteiger partial charge on any atom is 0.469 e. The molecule has 26 heteroatoms. The van der Waals surface area contributed by atoms with E-state index >= 15 is 0 Å². The highest BCUT2D eigenvalue weighted by atomic mass is 31.2. The topological polar surface area (TPSA) is 366 Å². The number of phosphoric ester groups is 2. The van der Waals surface area contributed by atoms with Gasteiger partial charge in [-0.2, -0.15) is 0 Å². The Bertz CT molecular complexity index is 1150. The molecule has 0 aliphatic carbocycles. The molecule has 4 heterocycles. The minimum Gasteiger partial charge on any atom is -0.387 e. The summed E-state index contributed by atoms with van der Waals surface area (Å²) >= 11 is 0. The van der Waals surface area contributed by atoms with E-state index in [-0.39, 0.29) is 0 Å². The molecule has 4 fully saturated rings. The molecule has 4 saturated heterocycles. The van der Waals surface area contributed by atoms with Crippen LogP contribution in [0.25, 0.3) is 0 Å². The minimum absolute atomic E-state index is 0.423. The van der Waals surface area contributed by atoms with E-state index in [1.807, 2.05) is 10.6 Å². The maximum absolute atomic E-state index is 11.7. The Kier molecular flexibility index (Phi) is 11.1. The van der Waals surface area contributed by atoms with Gasteiger partial charge in [-0.1, -0.05) is 0 Å². The molecule has 0 bridgehead atoms. The molecule has 44 heavy (non-hydrogen) atoms. The van der Waals surface area contributed by atoms with Crippen LogP contribution in [-0.2, 0) is 46.8 Å². The van der Waals surface area contributed by atoms with Crippen molar-refractivity contribution in [1.29, 1.82) is 0 Å². The van der Waals surface area contributed by atoms with Crippen LogP contribution in [0.3, 0.4) is 0 Å². The van der Waals surface area contributed by atoms with E-state index in [9.17, 15) is 58.3 Å². The van der Waals surface area contributed by atoms with E-state index in [0.29, 0.717) is 9.80 Å². The molecule has 8 unspecified atom stereocenters. The van der Waals surface area contributed by atoms with Gasteiger partial charge in [0.15, 0.2) is 12.5 Å². The number of carbonyl (C=O) groups excluding carboxylic acids is 6. The molecule has 8 atom stereocenters. The van der Waals surface area contributed by atoms with E-state index in [4.69, 9.17) is 29.0 Å². The fourth-order valence-electron chi connectivity index (χ4n) is 4.14. The van der Waals surface area contributed by atoms with Crippen LogP contribution < -0.4 is 10.6 Å². The van der Waals surface area contributed by atoms with E-state index < -0.39 is 126 Å². The Morgan fingerprint density at radius 1 is 0.636 bits per heavy atom. The zero-order valence-corrected chi connectivity index (χ0v) is 23.5. The second-order valence-electron chi connectivity index (χ2n) is 9.25. The molecule has 0 aromatic rings. The number of imide groups is 4. The quantitative estimate of drug-likeness (QED) is 0.0842. The first kappa shape index (κ1) is 35.7. The van der Waals surface area contributed by atoms with Crippen LogP contribution in [0.5, 0.6) is 0 Å². The lowest BCUT2D eigenvalue weighted by Crippen LogP contribution is -2.59. The average molecular weight is 680 g/mol. The SMILES string of the molecule is O=C1CC(=O)N(C2OC(COP(=O)(O)O)C(O)C2O)C(=O)N1.O=C1CC(=O)N(C2OC(COP(=O)(O)O)C(O)C2O)C(=O)N1. The van der Waals surface area contributed by atoms with Crippen LogP contribution in [0.15, 0.2) is 0 Å². The number of urea groups is 2. The first-order chi connectivity index (χ1) is 20.2. The van der Waals surface area contributed by atoms with Crippen molar-refractivity contribution < 1.29 is 96.4 Å². The van der Waals surface area contributed by atoms with Gasteiger partial charge in [-0.25, -0.2) is 28.5 Å². The van der Waals surface area contributed by atoms with Gasteiger partial charge in [0.2, 0.25) is 23.6 Å². The van der Waals surface area contributed by atoms with Crippen molar-refractivity contribution in [2.45, 2.75) is 61.9 Å². The van der Waals surface area contributed by atoms with Crippen molar-refractivity contribution in [3.63, 3.8) is 0 Å². The van der Waals surface area contributed by atoms with E-state index in [1.54, 1.807) is 0 Å². The van der Waals surface area contributed by atoms with Crippen LogP contribution in [0.4, 0.5) is 9.59 Å². The first-order valence-electron chi connectivity index (χ1n) is 11.9. The van der Waals surface area contributed by atoms with Gasteiger partial charge in [0.1, 0.15) is 49.5 Å². The zero-order valence-electron chi connectivity index (χ0n) is 21.7. The molecule has 0 saturated carbocycles. The number of hydrogen-bond donors (Lipinski definition) is 10. The van der Waals surface area contributed by atoms with Crippen molar-refractivity contribution in [2.24, 2.45) is 0 Å². The average Bonchev–Trinajstić information content (AvgIpc) is 3.30. The fourth-order valence-corrected chi connectivity index (χ4v) is 4.82. The number of nitrogens with zero attached hydrogens (tertiary/aromatic N) is 2. The molecular weight excluding hydrogens is 654 g/mol. The van der Waals surface area contributed by atoms with Gasteiger partial charge < -0.3 is 49.5 Å². The Morgan fingerprint density at radius 3 is 1.23 bits per heavy atom. The van der Waals surface area contributed by atoms with E-state index in [0.717, 1.165) is 0 Å². The third-order valence-corrected chi connectivity index (χ3v) is 7.06. The largest absolute Gasteiger partial charge is 0.469 e. The normalized spacial score (nSPS) is 33.3. The monoisotopic (exact) mass is 680 g/mol. The summed E-state index contributed by atoms with van der Waals surface area (Å²) in [5.41, 5.74) is 0. The van der Waals surface area contributed by atoms with Crippen LogP contribution >= 0.6 is 15.6 Å². The molecule has 4 rings (SSSR count). The first-order valence-corrected chi connectivity index (χ1v) is 15.0. The molecule has 4 aliphatic rings. The molecule has 0 spiro atoms. The van der Waals surface area contributed by atoms with Gasteiger partial charge in [-0.05, 0) is 0 Å². The summed E-state index contributed by atoms with van der Waals surface area (Å²) in [5.74, 6) is -3.52. The summed E-state index contributed by atoms with van der Waals surface area (Å²) in [7, 11) is -9.65. The summed E-state index contributed by atoms with van der Waals surface area (Å²) in [6.45, 7) is -1.55. The number of aliphatic hydroxyl groups is 4. The highest BCUT2D eigenvalue weighted by molar-refractivity contribution is 7.46. The smallest absolute Gasteiger partial charge is 0.387 e. The number of amides is 8. The predicted molar refractivity (Wildman–Crippen MR) is 127 cm³/mol. The summed E-state index contributed by atoms with van der Waals surface area (Å²) in [4.78, 5) is 104. The van der Waals surface area contributed by atoms with Gasteiger partial charge in [0, 0.05) is 0 Å². The van der Waals surface area contributed by atoms with Gasteiger partial charge in [-0.3, -0.25) is 38.9 Å². The standard InChI is InChI=1S/2C9H13N2O10P/c2*12-4-1-5(13)11(9(16)10-4)8-7(15)6(14)3(21-8)2-20-22(17,18)19/h2*3,6-8,14-15H,1-2H2,(H,10,12,16)(H2,17,18,19). The molecule has 8 amide bonds. The van der Waals surface area contributed by atoms with Gasteiger partial charge in [-0.15, -0.1) is 0 Å². The molecule has 0 radical (unpaired) electrons. The van der Waals surface area contributed by atoms with Gasteiger partial charge in [0.25, 0.3) is 0 Å². The zero-order chi connectivity index (χ0) is 33.3. The van der Waals surface area contributed by atoms with Crippen molar-refractivity contribution in [1.82, 2.24) is 20.4 Å². The number of phosphoric acid groups is 2. The highest BCUT2D eigenvalue weighted by Crippen LogP contribution is 2.38. The fraction of sp³-hybridized carbons (Fsp3) is 0.667. The molecule has 10 N–H and O–H groups in total. The molecule has 4 aliphatic heterocycles. The molecule has 0 aromatic heterocycles. The van der Waals surface area contributed by atoms with Crippen molar-refractivity contribution >= 4 is 51.3 Å². The second-order valence-corrected chi connectivity index (χ2v) is 11.7. The summed E-state index contributed by atoms with van der Waals surface area (Å²) in [6, 6.07) is -2.26. The van der Waals surface area contributed by atoms with Crippen LogP contribution in [0.2, 0.25) is 0 Å². The number of nitrogens with one attached hydrogen (secondary N) is 2. The van der Waals surface area contributed by atoms with E-state index in [1.165, 1.54) is 0 Å². The Balaban J connectivity index is 0.000000240. The number of ether oxygens (including phenoxy) is 2. The lowest BCUT2D eigenvalue weighted by atomic mass is 10.1. The number of aliphatic hydroxyl groups excluding tert-OH is 4. The van der Waals surface area contributed by atoms with Crippen LogP contribution in [-0.4, -0.2) is 148 Å². The third-order valence-electron chi connectivity index (χ3n) is 6.09. The predicted octanol–water partition coefficient (Wildman–Crippen LogP) is -5.98. The third kappa shape index (κ3) is 8.68. The molecular formula is C18H26N4O20P2. The highest BCUT2D eigenvalue weighted by Gasteiger charge is 2.52. The Hall–Kier alpha value is -2.80. The van der Waals surface area contributed by atoms with Crippen LogP contribution in [0.1, 0.15) is 12.8 Å². The van der Waals surface area contributed by atoms with Crippen molar-refractivity contribution in [3.05, 3.63) is 0 Å². The lowest BCUT2D eigenvalue weighted by molar-refractivity contribution is -0.151. The number of rotatable bonds is 8. The van der Waals surface area contributed by atoms with Crippen molar-refractivity contribution in [3.8, 4) is 0 Å². The molecule has 0 aromatic carbocycles. The minimum atomic E-state index is -4.83. The Morgan fingerprint density at radius 2 is 0.955 bits per heavy atom. The summed E-state index contributed by atoms with van der Waals surface area (Å²) in [5, 5.41) is 42.8. The summed E-state index contributed by atoms with van der Waals surface area (Å²) in [6.07, 6.45) is -14.0. The molecule has 248 valence electrons. The maximum atomic E-state index is 11.7. The van der Waals surface area contributed by atoms with Crippen molar-refractivity contribution in [2.75, 3.05) is 13.2 Å². The van der Waals surface area contributed by atoms with Crippen LogP contribution in [0, 0.1) is 0 Å². The van der Waals surface area contributed by atoms with Gasteiger partial charge >= 0.3 is 27.7 Å². The molecule has 24 nitrogen and oxygen atoms in total. The number of hydrogen-bond acceptors (Lipinski definition) is 16. The van der Waals surface area contributed by atoms with Gasteiger partial charge in [0.05, 0.1) is 13.2 Å². The number of barbiturate groups is 2. The number of carbonyl (C=O) groups is 6. The van der Waals surface area contributed by atoms with E-state index in [2.05, 4.69) is 9.05 Å². The Labute approximate surface area is 243 Å². The lowest BCUT2D eigenvalue weighted by Gasteiger charge is -2.31. The second kappa shape index (κ2) is 13.7. The summed E-state index contributed by atoms with van der Waals surface area (Å²) < 4.78 is 39.6.